The number of aromatic nitrogens is 2. The third-order valence-electron chi connectivity index (χ3n) is 6.29. The number of benzene rings is 1. The molecule has 1 aromatic carbocycles. The van der Waals surface area contributed by atoms with Crippen molar-refractivity contribution in [2.24, 2.45) is 5.92 Å². The maximum Gasteiger partial charge on any atom is 0.322 e. The number of rotatable bonds is 6. The molecular formula is C22H26FN5O3. The Morgan fingerprint density at radius 2 is 1.94 bits per heavy atom. The monoisotopic (exact) mass is 427 g/mol. The minimum Gasteiger partial charge on any atom is -0.346 e. The highest BCUT2D eigenvalue weighted by Crippen LogP contribution is 2.35. The van der Waals surface area contributed by atoms with Crippen LogP contribution in [0.25, 0.3) is 11.3 Å². The molecule has 9 heteroatoms. The number of urea groups is 1. The van der Waals surface area contributed by atoms with Gasteiger partial charge in [0.15, 0.2) is 0 Å². The van der Waals surface area contributed by atoms with Gasteiger partial charge in [0.25, 0.3) is 5.91 Å². The number of hydrogen-bond acceptors (Lipinski definition) is 4. The standard InChI is InChI=1S/C22H26FN5O3/c1-28(19(29)15-8-10-22(11-9-15)20(30)24-21(31)25-22)12-2-3-17-13-18(27-26-17)14-4-6-16(23)7-5-14/h4-7,13,15H,2-3,8-12H2,1H3,(H,26,27)(H2,24,25,30,31). The van der Waals surface area contributed by atoms with Gasteiger partial charge in [0, 0.05) is 30.8 Å². The second kappa shape index (κ2) is 8.49. The Morgan fingerprint density at radius 1 is 1.23 bits per heavy atom. The number of amides is 4. The van der Waals surface area contributed by atoms with Gasteiger partial charge in [-0.25, -0.2) is 9.18 Å². The van der Waals surface area contributed by atoms with Crippen molar-refractivity contribution in [3.63, 3.8) is 0 Å². The van der Waals surface area contributed by atoms with Gasteiger partial charge in [-0.15, -0.1) is 0 Å². The Hall–Kier alpha value is -3.23. The number of carbonyl (C=O) groups is 3. The minimum absolute atomic E-state index is 0.0798. The summed E-state index contributed by atoms with van der Waals surface area (Å²) in [5, 5.41) is 12.3. The molecule has 2 aliphatic rings. The fourth-order valence-electron chi connectivity index (χ4n) is 4.42. The molecule has 31 heavy (non-hydrogen) atoms. The lowest BCUT2D eigenvalue weighted by molar-refractivity contribution is -0.137. The predicted molar refractivity (Wildman–Crippen MR) is 111 cm³/mol. The highest BCUT2D eigenvalue weighted by molar-refractivity contribution is 6.07. The highest BCUT2D eigenvalue weighted by atomic mass is 19.1. The van der Waals surface area contributed by atoms with E-state index in [-0.39, 0.29) is 23.5 Å². The molecule has 1 saturated heterocycles. The van der Waals surface area contributed by atoms with Gasteiger partial charge in [0.1, 0.15) is 11.4 Å². The lowest BCUT2D eigenvalue weighted by atomic mass is 9.76. The van der Waals surface area contributed by atoms with E-state index in [9.17, 15) is 18.8 Å². The molecule has 3 N–H and O–H groups in total. The first-order chi connectivity index (χ1) is 14.9. The first kappa shape index (κ1) is 21.0. The zero-order valence-electron chi connectivity index (χ0n) is 17.4. The second-order valence-corrected chi connectivity index (χ2v) is 8.41. The van der Waals surface area contributed by atoms with Gasteiger partial charge in [-0.3, -0.25) is 20.0 Å². The molecule has 1 aromatic heterocycles. The van der Waals surface area contributed by atoms with E-state index in [1.54, 1.807) is 24.1 Å². The minimum atomic E-state index is -0.838. The first-order valence-electron chi connectivity index (χ1n) is 10.6. The van der Waals surface area contributed by atoms with E-state index in [2.05, 4.69) is 20.8 Å². The molecule has 1 spiro atoms. The van der Waals surface area contributed by atoms with Crippen LogP contribution in [-0.2, 0) is 16.0 Å². The fraction of sp³-hybridized carbons (Fsp3) is 0.455. The van der Waals surface area contributed by atoms with Crippen LogP contribution in [0.15, 0.2) is 30.3 Å². The van der Waals surface area contributed by atoms with E-state index >= 15 is 0 Å². The number of H-pyrrole nitrogens is 1. The van der Waals surface area contributed by atoms with Gasteiger partial charge in [-0.2, -0.15) is 5.10 Å². The van der Waals surface area contributed by atoms with Crippen LogP contribution < -0.4 is 10.6 Å². The van der Waals surface area contributed by atoms with E-state index in [4.69, 9.17) is 0 Å². The third kappa shape index (κ3) is 4.45. The Bertz CT molecular complexity index is 979. The van der Waals surface area contributed by atoms with Crippen molar-refractivity contribution in [2.75, 3.05) is 13.6 Å². The highest BCUT2D eigenvalue weighted by Gasteiger charge is 2.49. The molecule has 1 aliphatic carbocycles. The molecule has 0 radical (unpaired) electrons. The predicted octanol–water partition coefficient (Wildman–Crippen LogP) is 2.38. The van der Waals surface area contributed by atoms with Crippen LogP contribution in [0.5, 0.6) is 0 Å². The summed E-state index contributed by atoms with van der Waals surface area (Å²) in [6, 6.07) is 7.69. The van der Waals surface area contributed by atoms with E-state index in [0.717, 1.165) is 29.8 Å². The number of aryl methyl sites for hydroxylation is 1. The molecule has 1 saturated carbocycles. The summed E-state index contributed by atoms with van der Waals surface area (Å²) in [6.07, 6.45) is 3.65. The number of nitrogens with zero attached hydrogens (tertiary/aromatic N) is 2. The number of aromatic amines is 1. The van der Waals surface area contributed by atoms with E-state index in [1.165, 1.54) is 12.1 Å². The van der Waals surface area contributed by atoms with Crippen molar-refractivity contribution in [3.05, 3.63) is 41.8 Å². The Kier molecular flexibility index (Phi) is 5.75. The third-order valence-corrected chi connectivity index (χ3v) is 6.29. The number of imide groups is 1. The van der Waals surface area contributed by atoms with Crippen molar-refractivity contribution in [2.45, 2.75) is 44.1 Å². The summed E-state index contributed by atoms with van der Waals surface area (Å²) in [5.41, 5.74) is 1.73. The quantitative estimate of drug-likeness (QED) is 0.615. The molecule has 2 fully saturated rings. The number of nitrogens with one attached hydrogen (secondary N) is 3. The van der Waals surface area contributed by atoms with Gasteiger partial charge in [-0.1, -0.05) is 0 Å². The molecule has 2 heterocycles. The van der Waals surface area contributed by atoms with Gasteiger partial charge >= 0.3 is 6.03 Å². The average Bonchev–Trinajstić information content (AvgIpc) is 3.33. The smallest absolute Gasteiger partial charge is 0.322 e. The number of hydrogen-bond donors (Lipinski definition) is 3. The normalized spacial score (nSPS) is 23.0. The molecule has 164 valence electrons. The topological polar surface area (TPSA) is 107 Å². The molecule has 4 amide bonds. The van der Waals surface area contributed by atoms with Crippen molar-refractivity contribution < 1.29 is 18.8 Å². The molecule has 0 unspecified atom stereocenters. The maximum absolute atomic E-state index is 13.1. The van der Waals surface area contributed by atoms with Gasteiger partial charge in [0.05, 0.1) is 5.69 Å². The lowest BCUT2D eigenvalue weighted by Gasteiger charge is -2.35. The van der Waals surface area contributed by atoms with E-state index in [0.29, 0.717) is 32.2 Å². The van der Waals surface area contributed by atoms with Crippen molar-refractivity contribution in [1.29, 1.82) is 0 Å². The number of carbonyl (C=O) groups excluding carboxylic acids is 3. The summed E-state index contributed by atoms with van der Waals surface area (Å²) < 4.78 is 13.1. The van der Waals surface area contributed by atoms with Crippen molar-refractivity contribution in [3.8, 4) is 11.3 Å². The van der Waals surface area contributed by atoms with Crippen molar-refractivity contribution >= 4 is 17.8 Å². The fourth-order valence-corrected chi connectivity index (χ4v) is 4.42. The molecule has 1 aliphatic heterocycles. The summed E-state index contributed by atoms with van der Waals surface area (Å²) in [6.45, 7) is 0.614. The average molecular weight is 427 g/mol. The van der Waals surface area contributed by atoms with Crippen LogP contribution in [0.2, 0.25) is 0 Å². The summed E-state index contributed by atoms with van der Waals surface area (Å²) in [5.74, 6) is -0.609. The van der Waals surface area contributed by atoms with Gasteiger partial charge < -0.3 is 10.2 Å². The zero-order chi connectivity index (χ0) is 22.0. The van der Waals surface area contributed by atoms with Crippen LogP contribution in [0.3, 0.4) is 0 Å². The Labute approximate surface area is 179 Å². The second-order valence-electron chi connectivity index (χ2n) is 8.41. The van der Waals surface area contributed by atoms with Crippen LogP contribution in [-0.4, -0.2) is 52.1 Å². The van der Waals surface area contributed by atoms with Crippen molar-refractivity contribution in [1.82, 2.24) is 25.7 Å². The molecule has 0 atom stereocenters. The molecule has 0 bridgehead atoms. The van der Waals surface area contributed by atoms with Gasteiger partial charge in [0.2, 0.25) is 5.91 Å². The Balaban J connectivity index is 1.24. The van der Waals surface area contributed by atoms with Crippen LogP contribution in [0.4, 0.5) is 9.18 Å². The van der Waals surface area contributed by atoms with Crippen LogP contribution in [0.1, 0.15) is 37.8 Å². The zero-order valence-corrected chi connectivity index (χ0v) is 17.4. The molecule has 4 rings (SSSR count). The van der Waals surface area contributed by atoms with Crippen LogP contribution in [0, 0.1) is 11.7 Å². The SMILES string of the molecule is CN(CCCc1cc(-c2ccc(F)cc2)n[nH]1)C(=O)C1CCC2(CC1)NC(=O)NC2=O. The Morgan fingerprint density at radius 3 is 2.58 bits per heavy atom. The van der Waals surface area contributed by atoms with E-state index in [1.807, 2.05) is 6.07 Å². The summed E-state index contributed by atoms with van der Waals surface area (Å²) >= 11 is 0. The first-order valence-corrected chi connectivity index (χ1v) is 10.6. The summed E-state index contributed by atoms with van der Waals surface area (Å²) in [7, 11) is 1.80. The van der Waals surface area contributed by atoms with Gasteiger partial charge in [-0.05, 0) is 68.9 Å². The number of halogens is 1. The summed E-state index contributed by atoms with van der Waals surface area (Å²) in [4.78, 5) is 38.0. The molecule has 2 aromatic rings. The molecular weight excluding hydrogens is 401 g/mol. The molecule has 8 nitrogen and oxygen atoms in total. The largest absolute Gasteiger partial charge is 0.346 e. The van der Waals surface area contributed by atoms with Crippen LogP contribution >= 0.6 is 0 Å². The lowest BCUT2D eigenvalue weighted by Crippen LogP contribution is -2.51. The maximum atomic E-state index is 13.1. The van der Waals surface area contributed by atoms with E-state index < -0.39 is 11.6 Å².